The first-order valence-electron chi connectivity index (χ1n) is 10.4. The van der Waals surface area contributed by atoms with E-state index in [0.29, 0.717) is 5.82 Å². The number of hydrogen-bond donors (Lipinski definition) is 3. The fourth-order valence-corrected chi connectivity index (χ4v) is 3.73. The monoisotopic (exact) mass is 425 g/mol. The maximum absolute atomic E-state index is 6.09. The number of dihydropyridines is 1. The third-order valence-corrected chi connectivity index (χ3v) is 5.40. The highest BCUT2D eigenvalue weighted by atomic mass is 16.5. The maximum atomic E-state index is 6.09. The Morgan fingerprint density at radius 1 is 1.12 bits per heavy atom. The van der Waals surface area contributed by atoms with Gasteiger partial charge < -0.3 is 15.8 Å². The number of anilines is 3. The average molecular weight is 425 g/mol. The quantitative estimate of drug-likeness (QED) is 0.420. The summed E-state index contributed by atoms with van der Waals surface area (Å²) in [5, 5.41) is 11.3. The van der Waals surface area contributed by atoms with E-state index < -0.39 is 0 Å². The lowest BCUT2D eigenvalue weighted by Gasteiger charge is -2.17. The summed E-state index contributed by atoms with van der Waals surface area (Å²) in [7, 11) is 0. The van der Waals surface area contributed by atoms with E-state index in [1.165, 1.54) is 0 Å². The van der Waals surface area contributed by atoms with E-state index in [4.69, 9.17) is 10.5 Å². The molecule has 0 spiro atoms. The Balaban J connectivity index is 1.36. The first-order valence-corrected chi connectivity index (χ1v) is 10.4. The zero-order valence-electron chi connectivity index (χ0n) is 17.8. The molecule has 0 saturated heterocycles. The number of aromatic amines is 1. The van der Waals surface area contributed by atoms with Gasteiger partial charge in [0.25, 0.3) is 0 Å². The fourth-order valence-electron chi connectivity index (χ4n) is 3.73. The number of ether oxygens (including phenoxy) is 1. The lowest BCUT2D eigenvalue weighted by Crippen LogP contribution is -2.10. The van der Waals surface area contributed by atoms with Crippen LogP contribution in [0, 0.1) is 12.8 Å². The van der Waals surface area contributed by atoms with Gasteiger partial charge in [0.05, 0.1) is 17.4 Å². The van der Waals surface area contributed by atoms with Gasteiger partial charge in [0.1, 0.15) is 17.3 Å². The summed E-state index contributed by atoms with van der Waals surface area (Å²) >= 11 is 0. The normalized spacial score (nSPS) is 15.6. The van der Waals surface area contributed by atoms with E-state index in [9.17, 15) is 0 Å². The van der Waals surface area contributed by atoms with Crippen molar-refractivity contribution >= 4 is 40.1 Å². The van der Waals surface area contributed by atoms with Gasteiger partial charge >= 0.3 is 0 Å². The molecule has 1 aliphatic rings. The Morgan fingerprint density at radius 2 is 2.03 bits per heavy atom. The molecule has 1 unspecified atom stereocenters. The second-order valence-electron chi connectivity index (χ2n) is 7.86. The number of aliphatic imine (C=N–C) groups is 1. The minimum atomic E-state index is 0.229. The molecular formula is C24H23N7O. The average Bonchev–Trinajstić information content (AvgIpc) is 3.23. The van der Waals surface area contributed by atoms with Gasteiger partial charge in [-0.2, -0.15) is 10.1 Å². The highest BCUT2D eigenvalue weighted by Crippen LogP contribution is 2.31. The molecule has 8 heteroatoms. The Labute approximate surface area is 185 Å². The summed E-state index contributed by atoms with van der Waals surface area (Å²) in [5.41, 5.74) is 10.8. The highest BCUT2D eigenvalue weighted by Gasteiger charge is 2.16. The number of aryl methyl sites for hydroxylation is 1. The number of hydrogen-bond acceptors (Lipinski definition) is 7. The Bertz CT molecular complexity index is 1360. The second kappa shape index (κ2) is 8.14. The number of rotatable bonds is 5. The van der Waals surface area contributed by atoms with Gasteiger partial charge in [-0.3, -0.25) is 10.1 Å². The maximum Gasteiger partial charge on any atom is 0.222 e. The van der Waals surface area contributed by atoms with E-state index in [2.05, 4.69) is 37.4 Å². The molecule has 8 nitrogen and oxygen atoms in total. The summed E-state index contributed by atoms with van der Waals surface area (Å²) in [4.78, 5) is 13.1. The number of nitrogens with one attached hydrogen (secondary N) is 2. The molecule has 2 aromatic carbocycles. The Morgan fingerprint density at radius 3 is 2.88 bits per heavy atom. The molecule has 0 radical (unpaired) electrons. The Hall–Kier alpha value is -4.20. The van der Waals surface area contributed by atoms with E-state index in [0.717, 1.165) is 51.5 Å². The number of nitrogen functional groups attached to an aromatic ring is 1. The van der Waals surface area contributed by atoms with Gasteiger partial charge in [-0.05, 0) is 60.5 Å². The van der Waals surface area contributed by atoms with Crippen molar-refractivity contribution in [3.63, 3.8) is 0 Å². The standard InChI is InChI=1S/C24H23N7O/c1-14-9-17(3-6-22(14)32-18-4-5-20-16(10-18)13-27-31-20)28-23-11-21(29-24(25)30-23)19-7-8-26-12-15(19)2/h3-11,13,15H,12H2,1-2H3,(H,27,31)(H3,25,28,29,30). The van der Waals surface area contributed by atoms with Crippen LogP contribution < -0.4 is 15.8 Å². The number of allylic oxidation sites excluding steroid dienone is 1. The number of benzene rings is 2. The zero-order chi connectivity index (χ0) is 22.1. The molecule has 0 aliphatic carbocycles. The third-order valence-electron chi connectivity index (χ3n) is 5.40. The van der Waals surface area contributed by atoms with Crippen LogP contribution in [0.4, 0.5) is 17.5 Å². The lowest BCUT2D eigenvalue weighted by atomic mass is 9.96. The smallest absolute Gasteiger partial charge is 0.222 e. The van der Waals surface area contributed by atoms with E-state index in [1.807, 2.05) is 61.7 Å². The summed E-state index contributed by atoms with van der Waals surface area (Å²) in [5.74, 6) is 2.69. The SMILES string of the molecule is Cc1cc(Nc2cc(C3=CC=NCC3C)nc(N)n2)ccc1Oc1ccc2[nH]ncc2c1. The topological polar surface area (TPSA) is 114 Å². The highest BCUT2D eigenvalue weighted by molar-refractivity contribution is 5.86. The van der Waals surface area contributed by atoms with Crippen LogP contribution in [-0.2, 0) is 0 Å². The van der Waals surface area contributed by atoms with E-state index in [-0.39, 0.29) is 11.9 Å². The van der Waals surface area contributed by atoms with Crippen LogP contribution in [0.15, 0.2) is 59.7 Å². The van der Waals surface area contributed by atoms with Gasteiger partial charge in [-0.15, -0.1) is 0 Å². The van der Waals surface area contributed by atoms with E-state index in [1.54, 1.807) is 6.20 Å². The second-order valence-corrected chi connectivity index (χ2v) is 7.86. The third kappa shape index (κ3) is 4.02. The number of H-pyrrole nitrogens is 1. The molecule has 32 heavy (non-hydrogen) atoms. The van der Waals surface area contributed by atoms with Crippen LogP contribution in [0.25, 0.3) is 16.5 Å². The van der Waals surface area contributed by atoms with Crippen molar-refractivity contribution < 1.29 is 4.74 Å². The predicted octanol–water partition coefficient (Wildman–Crippen LogP) is 4.88. The van der Waals surface area contributed by atoms with Crippen LogP contribution in [0.5, 0.6) is 11.5 Å². The number of nitrogens with zero attached hydrogens (tertiary/aromatic N) is 4. The minimum Gasteiger partial charge on any atom is -0.457 e. The van der Waals surface area contributed by atoms with Gasteiger partial charge in [0, 0.05) is 35.8 Å². The molecule has 4 N–H and O–H groups in total. The first kappa shape index (κ1) is 19.7. The van der Waals surface area contributed by atoms with Crippen molar-refractivity contribution in [2.45, 2.75) is 13.8 Å². The largest absolute Gasteiger partial charge is 0.457 e. The van der Waals surface area contributed by atoms with Crippen molar-refractivity contribution in [3.05, 3.63) is 66.0 Å². The molecule has 5 rings (SSSR count). The van der Waals surface area contributed by atoms with Crippen LogP contribution in [0.2, 0.25) is 0 Å². The van der Waals surface area contributed by atoms with Gasteiger partial charge in [0.2, 0.25) is 5.95 Å². The van der Waals surface area contributed by atoms with Gasteiger partial charge in [0.15, 0.2) is 0 Å². The van der Waals surface area contributed by atoms with Crippen LogP contribution in [0.1, 0.15) is 18.2 Å². The summed E-state index contributed by atoms with van der Waals surface area (Å²) in [6, 6.07) is 13.6. The van der Waals surface area contributed by atoms with Crippen molar-refractivity contribution in [1.82, 2.24) is 20.2 Å². The number of nitrogens with two attached hydrogens (primary N) is 1. The fraction of sp³-hybridized carbons (Fsp3) is 0.167. The predicted molar refractivity (Wildman–Crippen MR) is 128 cm³/mol. The lowest BCUT2D eigenvalue weighted by molar-refractivity contribution is 0.480. The number of fused-ring (bicyclic) bond motifs is 1. The summed E-state index contributed by atoms with van der Waals surface area (Å²) in [6.07, 6.45) is 5.57. The zero-order valence-corrected chi connectivity index (χ0v) is 17.8. The van der Waals surface area contributed by atoms with Crippen molar-refractivity contribution in [2.75, 3.05) is 17.6 Å². The number of aromatic nitrogens is 4. The molecule has 2 aromatic heterocycles. The van der Waals surface area contributed by atoms with Crippen LogP contribution in [0.3, 0.4) is 0 Å². The van der Waals surface area contributed by atoms with Gasteiger partial charge in [-0.25, -0.2) is 4.98 Å². The molecule has 4 aromatic rings. The van der Waals surface area contributed by atoms with Crippen LogP contribution >= 0.6 is 0 Å². The summed E-state index contributed by atoms with van der Waals surface area (Å²) in [6.45, 7) is 4.87. The molecule has 160 valence electrons. The molecule has 3 heterocycles. The first-order chi connectivity index (χ1) is 15.5. The molecule has 0 bridgehead atoms. The molecule has 1 aliphatic heterocycles. The van der Waals surface area contributed by atoms with Crippen molar-refractivity contribution in [3.8, 4) is 11.5 Å². The Kier molecular flexibility index (Phi) is 5.03. The van der Waals surface area contributed by atoms with Crippen LogP contribution in [-0.4, -0.2) is 32.9 Å². The van der Waals surface area contributed by atoms with Crippen molar-refractivity contribution in [1.29, 1.82) is 0 Å². The molecular weight excluding hydrogens is 402 g/mol. The molecule has 1 atom stereocenters. The summed E-state index contributed by atoms with van der Waals surface area (Å²) < 4.78 is 6.09. The molecule has 0 saturated carbocycles. The van der Waals surface area contributed by atoms with Crippen molar-refractivity contribution in [2.24, 2.45) is 10.9 Å². The van der Waals surface area contributed by atoms with Gasteiger partial charge in [-0.1, -0.05) is 6.92 Å². The van der Waals surface area contributed by atoms with E-state index >= 15 is 0 Å². The minimum absolute atomic E-state index is 0.229. The molecule has 0 amide bonds. The molecule has 0 fully saturated rings.